The average molecular weight is 238 g/mol. The molecule has 1 aliphatic carbocycles. The van der Waals surface area contributed by atoms with E-state index in [4.69, 9.17) is 0 Å². The van der Waals surface area contributed by atoms with Crippen LogP contribution in [0.1, 0.15) is 32.8 Å². The molecule has 0 aliphatic heterocycles. The van der Waals surface area contributed by atoms with Crippen molar-refractivity contribution in [1.29, 1.82) is 0 Å². The molecular formula is C14H19FO2. The number of carbonyl (C=O) groups excluding carboxylic acids is 2. The number of aldehydes is 1. The monoisotopic (exact) mass is 238 g/mol. The largest absolute Gasteiger partial charge is 0.302 e. The van der Waals surface area contributed by atoms with Crippen LogP contribution < -0.4 is 0 Å². The van der Waals surface area contributed by atoms with Crippen molar-refractivity contribution in [1.82, 2.24) is 0 Å². The Hall–Kier alpha value is -1.51. The first-order valence-corrected chi connectivity index (χ1v) is 5.20. The fourth-order valence-corrected chi connectivity index (χ4v) is 1.22. The second-order valence-electron chi connectivity index (χ2n) is 4.13. The topological polar surface area (TPSA) is 34.1 Å². The Kier molecular flexibility index (Phi) is 5.72. The van der Waals surface area contributed by atoms with Gasteiger partial charge >= 0.3 is 0 Å². The smallest absolute Gasteiger partial charge is 0.143 e. The molecule has 1 aromatic rings. The highest BCUT2D eigenvalue weighted by Crippen LogP contribution is 2.43. The summed E-state index contributed by atoms with van der Waals surface area (Å²) >= 11 is 0. The van der Waals surface area contributed by atoms with Crippen molar-refractivity contribution in [3.63, 3.8) is 0 Å². The lowest BCUT2D eigenvalue weighted by atomic mass is 10.1. The van der Waals surface area contributed by atoms with Crippen LogP contribution in [0.3, 0.4) is 0 Å². The summed E-state index contributed by atoms with van der Waals surface area (Å²) in [7, 11) is 0. The Balaban J connectivity index is 0.000000284. The maximum atomic E-state index is 12.1. The molecule has 0 unspecified atom stereocenters. The quantitative estimate of drug-likeness (QED) is 0.585. The molecule has 3 heteroatoms. The van der Waals surface area contributed by atoms with Crippen LogP contribution in [0.2, 0.25) is 0 Å². The van der Waals surface area contributed by atoms with E-state index in [1.807, 2.05) is 6.92 Å². The van der Waals surface area contributed by atoms with Crippen molar-refractivity contribution >= 4 is 12.1 Å². The van der Waals surface area contributed by atoms with Crippen LogP contribution in [0.4, 0.5) is 4.39 Å². The van der Waals surface area contributed by atoms with Gasteiger partial charge < -0.3 is 4.79 Å². The average Bonchev–Trinajstić information content (AvgIpc) is 3.04. The minimum atomic E-state index is -0.528. The summed E-state index contributed by atoms with van der Waals surface area (Å²) in [5, 5.41) is 0. The molecule has 17 heavy (non-hydrogen) atoms. The van der Waals surface area contributed by atoms with E-state index in [1.54, 1.807) is 12.1 Å². The molecule has 94 valence electrons. The molecule has 2 rings (SSSR count). The van der Waals surface area contributed by atoms with E-state index < -0.39 is 5.41 Å². The third-order valence-corrected chi connectivity index (χ3v) is 2.73. The van der Waals surface area contributed by atoms with Crippen molar-refractivity contribution in [3.8, 4) is 0 Å². The van der Waals surface area contributed by atoms with Crippen molar-refractivity contribution in [2.24, 2.45) is 5.41 Å². The number of rotatable bonds is 2. The number of halogens is 1. The second kappa shape index (κ2) is 6.28. The molecule has 0 saturated heterocycles. The Labute approximate surface area is 102 Å². The van der Waals surface area contributed by atoms with Crippen LogP contribution in [-0.4, -0.2) is 12.1 Å². The first kappa shape index (κ1) is 15.5. The Morgan fingerprint density at radius 3 is 1.94 bits per heavy atom. The highest BCUT2D eigenvalue weighted by molar-refractivity contribution is 5.99. The molecule has 0 amide bonds. The number of carbonyl (C=O) groups is 2. The molecule has 0 bridgehead atoms. The summed E-state index contributed by atoms with van der Waals surface area (Å²) in [5.74, 6) is -0.150. The molecule has 2 nitrogen and oxygen atoms in total. The van der Waals surface area contributed by atoms with Gasteiger partial charge in [0, 0.05) is 0 Å². The summed E-state index contributed by atoms with van der Waals surface area (Å²) in [6.07, 6.45) is 2.31. The Morgan fingerprint density at radius 2 is 1.76 bits per heavy atom. The third-order valence-electron chi connectivity index (χ3n) is 2.73. The Bertz CT molecular complexity index is 357. The van der Waals surface area contributed by atoms with Gasteiger partial charge in [0.2, 0.25) is 0 Å². The second-order valence-corrected chi connectivity index (χ2v) is 4.13. The minimum absolute atomic E-state index is 0. The van der Waals surface area contributed by atoms with Crippen molar-refractivity contribution < 1.29 is 14.0 Å². The first-order valence-electron chi connectivity index (χ1n) is 5.20. The molecule has 0 N–H and O–H groups in total. The first-order chi connectivity index (χ1) is 7.50. The molecule has 0 heterocycles. The summed E-state index contributed by atoms with van der Waals surface area (Å²) in [4.78, 5) is 20.6. The maximum absolute atomic E-state index is 12.1. The molecule has 1 aliphatic rings. The van der Waals surface area contributed by atoms with E-state index in [0.29, 0.717) is 0 Å². The molecule has 0 atom stereocenters. The molecule has 0 aromatic heterocycles. The van der Waals surface area contributed by atoms with Gasteiger partial charge in [-0.05, 0) is 38.8 Å². The van der Waals surface area contributed by atoms with Crippen LogP contribution in [0.5, 0.6) is 0 Å². The predicted octanol–water partition coefficient (Wildman–Crippen LogP) is 3.32. The zero-order valence-electron chi connectivity index (χ0n) is 9.50. The molecular weight excluding hydrogens is 219 g/mol. The zero-order chi connectivity index (χ0) is 12.2. The van der Waals surface area contributed by atoms with Gasteiger partial charge in [-0.15, -0.1) is 0 Å². The summed E-state index contributed by atoms with van der Waals surface area (Å²) in [6, 6.07) is 6.40. The lowest BCUT2D eigenvalue weighted by molar-refractivity contribution is -0.127. The van der Waals surface area contributed by atoms with Crippen molar-refractivity contribution in [2.45, 2.75) is 34.1 Å². The van der Waals surface area contributed by atoms with Crippen LogP contribution in [0, 0.1) is 18.2 Å². The van der Waals surface area contributed by atoms with Crippen LogP contribution in [0.25, 0.3) is 0 Å². The van der Waals surface area contributed by atoms with Crippen LogP contribution in [0.15, 0.2) is 24.3 Å². The van der Waals surface area contributed by atoms with Gasteiger partial charge in [-0.25, -0.2) is 4.39 Å². The highest BCUT2D eigenvalue weighted by atomic mass is 19.1. The predicted molar refractivity (Wildman–Crippen MR) is 66.3 cm³/mol. The van der Waals surface area contributed by atoms with Gasteiger partial charge in [-0.2, -0.15) is 0 Å². The molecule has 1 saturated carbocycles. The van der Waals surface area contributed by atoms with Crippen LogP contribution in [-0.2, 0) is 9.59 Å². The zero-order valence-corrected chi connectivity index (χ0v) is 9.50. The minimum Gasteiger partial charge on any atom is -0.302 e. The lowest BCUT2D eigenvalue weighted by Gasteiger charge is -1.95. The molecule has 0 radical (unpaired) electrons. The lowest BCUT2D eigenvalue weighted by Crippen LogP contribution is -2.12. The van der Waals surface area contributed by atoms with Gasteiger partial charge in [0.05, 0.1) is 5.41 Å². The summed E-state index contributed by atoms with van der Waals surface area (Å²) in [5.41, 5.74) is 0.561. The van der Waals surface area contributed by atoms with Gasteiger partial charge in [0.15, 0.2) is 0 Å². The Morgan fingerprint density at radius 1 is 1.29 bits per heavy atom. The van der Waals surface area contributed by atoms with E-state index in [0.717, 1.165) is 24.7 Å². The van der Waals surface area contributed by atoms with Gasteiger partial charge in [-0.3, -0.25) is 4.79 Å². The van der Waals surface area contributed by atoms with E-state index in [1.165, 1.54) is 19.1 Å². The summed E-state index contributed by atoms with van der Waals surface area (Å²) in [6.45, 7) is 3.40. The maximum Gasteiger partial charge on any atom is 0.143 e. The van der Waals surface area contributed by atoms with Crippen molar-refractivity contribution in [2.75, 3.05) is 0 Å². The standard InChI is InChI=1S/C7H7F.C6H8O2.CH4/c1-6-2-4-7(8)5-3-6;1-5(8)6(4-7)2-3-6;/h2-5H,1H3;4H,2-3H2,1H3;1H4. The third kappa shape index (κ3) is 4.47. The number of Topliss-reactive ketones (excluding diaryl/α,β-unsaturated/α-hetero) is 1. The molecule has 1 aromatic carbocycles. The summed E-state index contributed by atoms with van der Waals surface area (Å²) < 4.78 is 12.1. The number of benzene rings is 1. The van der Waals surface area contributed by atoms with E-state index in [-0.39, 0.29) is 19.0 Å². The highest BCUT2D eigenvalue weighted by Gasteiger charge is 2.47. The van der Waals surface area contributed by atoms with Gasteiger partial charge in [0.25, 0.3) is 0 Å². The number of hydrogen-bond acceptors (Lipinski definition) is 2. The van der Waals surface area contributed by atoms with Crippen molar-refractivity contribution in [3.05, 3.63) is 35.6 Å². The normalized spacial score (nSPS) is 14.8. The molecule has 1 fully saturated rings. The van der Waals surface area contributed by atoms with E-state index >= 15 is 0 Å². The SMILES string of the molecule is C.CC(=O)C1(C=O)CC1.Cc1ccc(F)cc1. The van der Waals surface area contributed by atoms with E-state index in [9.17, 15) is 14.0 Å². The van der Waals surface area contributed by atoms with E-state index in [2.05, 4.69) is 0 Å². The van der Waals surface area contributed by atoms with Gasteiger partial charge in [-0.1, -0.05) is 25.1 Å². The molecule has 0 spiro atoms. The fraction of sp³-hybridized carbons (Fsp3) is 0.429. The number of aryl methyl sites for hydroxylation is 1. The number of ketones is 1. The van der Waals surface area contributed by atoms with Gasteiger partial charge in [0.1, 0.15) is 17.9 Å². The fourth-order valence-electron chi connectivity index (χ4n) is 1.22. The number of hydrogen-bond donors (Lipinski definition) is 0. The van der Waals surface area contributed by atoms with Crippen LogP contribution >= 0.6 is 0 Å².